The molecule has 86 valence electrons. The minimum absolute atomic E-state index is 0.0345. The van der Waals surface area contributed by atoms with E-state index < -0.39 is 17.0 Å². The molecular formula is C10H17NO4. The van der Waals surface area contributed by atoms with E-state index in [-0.39, 0.29) is 5.78 Å². The van der Waals surface area contributed by atoms with Gasteiger partial charge in [0.15, 0.2) is 0 Å². The van der Waals surface area contributed by atoms with Crippen LogP contribution >= 0.6 is 0 Å². The molecule has 0 aromatic heterocycles. The van der Waals surface area contributed by atoms with Crippen LogP contribution in [0.2, 0.25) is 0 Å². The zero-order chi connectivity index (χ0) is 12.3. The number of carbonyl (C=O) groups is 2. The molecule has 0 aliphatic rings. The maximum atomic E-state index is 11.9. The zero-order valence-corrected chi connectivity index (χ0v) is 9.70. The Bertz CT molecular complexity index is 286. The number of carboxylic acid groups (broad SMARTS) is 1. The summed E-state index contributed by atoms with van der Waals surface area (Å²) >= 11 is 0. The second-order valence-electron chi connectivity index (χ2n) is 4.89. The standard InChI is InChI=1S/C10H17NO4/c1-9(2,3)7(12)10(4,5)6-11-15-8(13)14/h6H,1-5H3,(H,13,14). The summed E-state index contributed by atoms with van der Waals surface area (Å²) in [4.78, 5) is 25.9. The van der Waals surface area contributed by atoms with E-state index in [0.29, 0.717) is 0 Å². The number of rotatable bonds is 3. The maximum Gasteiger partial charge on any atom is 0.532 e. The van der Waals surface area contributed by atoms with Crippen LogP contribution in [0, 0.1) is 10.8 Å². The predicted octanol–water partition coefficient (Wildman–Crippen LogP) is 2.31. The molecule has 0 saturated carbocycles. The summed E-state index contributed by atoms with van der Waals surface area (Å²) in [6.07, 6.45) is -0.292. The molecular weight excluding hydrogens is 198 g/mol. The van der Waals surface area contributed by atoms with Gasteiger partial charge in [-0.2, -0.15) is 0 Å². The van der Waals surface area contributed by atoms with Gasteiger partial charge in [0, 0.05) is 5.41 Å². The Morgan fingerprint density at radius 3 is 2.00 bits per heavy atom. The molecule has 5 nitrogen and oxygen atoms in total. The molecule has 0 bridgehead atoms. The highest BCUT2D eigenvalue weighted by molar-refractivity contribution is 6.01. The van der Waals surface area contributed by atoms with Gasteiger partial charge >= 0.3 is 6.16 Å². The lowest BCUT2D eigenvalue weighted by molar-refractivity contribution is -0.131. The molecule has 0 aromatic rings. The van der Waals surface area contributed by atoms with Gasteiger partial charge in [-0.1, -0.05) is 25.9 Å². The van der Waals surface area contributed by atoms with Crippen molar-refractivity contribution in [3.63, 3.8) is 0 Å². The number of ketones is 1. The number of carbonyl (C=O) groups excluding carboxylic acids is 1. The molecule has 15 heavy (non-hydrogen) atoms. The van der Waals surface area contributed by atoms with Gasteiger partial charge in [0.05, 0.1) is 11.6 Å². The molecule has 0 rings (SSSR count). The van der Waals surface area contributed by atoms with Gasteiger partial charge in [-0.3, -0.25) is 9.63 Å². The molecule has 0 saturated heterocycles. The minimum Gasteiger partial charge on any atom is -0.448 e. The van der Waals surface area contributed by atoms with E-state index in [9.17, 15) is 9.59 Å². The van der Waals surface area contributed by atoms with Crippen LogP contribution in [0.25, 0.3) is 0 Å². The van der Waals surface area contributed by atoms with Crippen molar-refractivity contribution in [2.24, 2.45) is 16.0 Å². The Morgan fingerprint density at radius 2 is 1.67 bits per heavy atom. The fraction of sp³-hybridized carbons (Fsp3) is 0.700. The molecule has 0 radical (unpaired) electrons. The van der Waals surface area contributed by atoms with Crippen molar-refractivity contribution in [3.05, 3.63) is 0 Å². The third-order valence-corrected chi connectivity index (χ3v) is 1.77. The Morgan fingerprint density at radius 1 is 1.20 bits per heavy atom. The quantitative estimate of drug-likeness (QED) is 0.445. The van der Waals surface area contributed by atoms with Crippen LogP contribution in [0.3, 0.4) is 0 Å². The smallest absolute Gasteiger partial charge is 0.448 e. The number of oxime groups is 1. The highest BCUT2D eigenvalue weighted by Gasteiger charge is 2.35. The third kappa shape index (κ3) is 4.58. The van der Waals surface area contributed by atoms with Gasteiger partial charge < -0.3 is 5.11 Å². The van der Waals surface area contributed by atoms with Crippen molar-refractivity contribution in [2.75, 3.05) is 0 Å². The lowest BCUT2D eigenvalue weighted by Gasteiger charge is -2.26. The van der Waals surface area contributed by atoms with E-state index in [2.05, 4.69) is 9.99 Å². The topological polar surface area (TPSA) is 76.0 Å². The van der Waals surface area contributed by atoms with Gasteiger partial charge in [0.1, 0.15) is 5.78 Å². The summed E-state index contributed by atoms with van der Waals surface area (Å²) in [5, 5.41) is 11.4. The van der Waals surface area contributed by atoms with Crippen LogP contribution in [-0.2, 0) is 9.63 Å². The molecule has 0 fully saturated rings. The molecule has 0 aromatic carbocycles. The van der Waals surface area contributed by atoms with Crippen LogP contribution in [-0.4, -0.2) is 23.3 Å². The van der Waals surface area contributed by atoms with Crippen molar-refractivity contribution in [2.45, 2.75) is 34.6 Å². The van der Waals surface area contributed by atoms with E-state index in [1.54, 1.807) is 34.6 Å². The summed E-state index contributed by atoms with van der Waals surface area (Å²) in [6, 6.07) is 0. The van der Waals surface area contributed by atoms with Gasteiger partial charge in [-0.25, -0.2) is 4.79 Å². The van der Waals surface area contributed by atoms with Crippen molar-refractivity contribution in [1.82, 2.24) is 0 Å². The Balaban J connectivity index is 4.62. The SMILES string of the molecule is CC(C)(C)C(=O)C(C)(C)C=NOC(=O)O. The first-order valence-electron chi connectivity index (χ1n) is 4.57. The van der Waals surface area contributed by atoms with Gasteiger partial charge in [-0.15, -0.1) is 0 Å². The average molecular weight is 215 g/mol. The second kappa shape index (κ2) is 4.42. The first-order chi connectivity index (χ1) is 6.57. The molecule has 0 heterocycles. The fourth-order valence-electron chi connectivity index (χ4n) is 1.23. The number of nitrogens with zero attached hydrogens (tertiary/aromatic N) is 1. The van der Waals surface area contributed by atoms with E-state index in [1.807, 2.05) is 0 Å². The summed E-state index contributed by atoms with van der Waals surface area (Å²) in [5.74, 6) is -0.0345. The van der Waals surface area contributed by atoms with Crippen molar-refractivity contribution in [3.8, 4) is 0 Å². The number of hydrogen-bond donors (Lipinski definition) is 1. The Labute approximate surface area is 89.1 Å². The number of Topliss-reactive ketones (excluding diaryl/α,β-unsaturated/α-hetero) is 1. The Hall–Kier alpha value is -1.39. The lowest BCUT2D eigenvalue weighted by Crippen LogP contribution is -2.36. The van der Waals surface area contributed by atoms with E-state index in [1.165, 1.54) is 6.21 Å². The van der Waals surface area contributed by atoms with Crippen LogP contribution < -0.4 is 0 Å². The van der Waals surface area contributed by atoms with Crippen LogP contribution in [0.5, 0.6) is 0 Å². The zero-order valence-electron chi connectivity index (χ0n) is 9.70. The maximum absolute atomic E-state index is 11.9. The first-order valence-corrected chi connectivity index (χ1v) is 4.57. The highest BCUT2D eigenvalue weighted by Crippen LogP contribution is 2.27. The lowest BCUT2D eigenvalue weighted by atomic mass is 9.75. The van der Waals surface area contributed by atoms with Crippen molar-refractivity contribution < 1.29 is 19.5 Å². The second-order valence-corrected chi connectivity index (χ2v) is 4.89. The molecule has 0 atom stereocenters. The largest absolute Gasteiger partial charge is 0.532 e. The van der Waals surface area contributed by atoms with Crippen molar-refractivity contribution >= 4 is 18.2 Å². The monoisotopic (exact) mass is 215 g/mol. The molecule has 0 spiro atoms. The van der Waals surface area contributed by atoms with Gasteiger partial charge in [-0.05, 0) is 13.8 Å². The first kappa shape index (κ1) is 13.6. The fourth-order valence-corrected chi connectivity index (χ4v) is 1.23. The van der Waals surface area contributed by atoms with E-state index >= 15 is 0 Å². The predicted molar refractivity (Wildman–Crippen MR) is 55.8 cm³/mol. The molecule has 1 N–H and O–H groups in total. The number of hydrogen-bond acceptors (Lipinski definition) is 4. The Kier molecular flexibility index (Phi) is 4.01. The third-order valence-electron chi connectivity index (χ3n) is 1.77. The molecule has 0 aliphatic heterocycles. The normalized spacial score (nSPS) is 12.9. The van der Waals surface area contributed by atoms with E-state index in [0.717, 1.165) is 0 Å². The van der Waals surface area contributed by atoms with Gasteiger partial charge in [0.25, 0.3) is 0 Å². The molecule has 0 aliphatic carbocycles. The minimum atomic E-state index is -1.50. The summed E-state index contributed by atoms with van der Waals surface area (Å²) in [7, 11) is 0. The summed E-state index contributed by atoms with van der Waals surface area (Å²) in [6.45, 7) is 8.71. The van der Waals surface area contributed by atoms with Crippen LogP contribution in [0.15, 0.2) is 5.16 Å². The van der Waals surface area contributed by atoms with Crippen LogP contribution in [0.1, 0.15) is 34.6 Å². The van der Waals surface area contributed by atoms with Gasteiger partial charge in [0.2, 0.25) is 0 Å². The molecule has 5 heteroatoms. The summed E-state index contributed by atoms with van der Waals surface area (Å²) < 4.78 is 0. The molecule has 0 unspecified atom stereocenters. The average Bonchev–Trinajstić information content (AvgIpc) is 2.00. The van der Waals surface area contributed by atoms with E-state index in [4.69, 9.17) is 5.11 Å². The van der Waals surface area contributed by atoms with Crippen LogP contribution in [0.4, 0.5) is 4.79 Å². The molecule has 0 amide bonds. The highest BCUT2D eigenvalue weighted by atomic mass is 16.7. The summed E-state index contributed by atoms with van der Waals surface area (Å²) in [5.41, 5.74) is -1.34. The van der Waals surface area contributed by atoms with Crippen molar-refractivity contribution in [1.29, 1.82) is 0 Å².